The second kappa shape index (κ2) is 4.25. The molecule has 1 aromatic heterocycles. The zero-order chi connectivity index (χ0) is 14.5. The molecule has 2 saturated heterocycles. The maximum absolute atomic E-state index is 12.1. The number of fused-ring (bicyclic) bond motifs is 1. The molecule has 2 fully saturated rings. The Morgan fingerprint density at radius 1 is 1.50 bits per heavy atom. The Morgan fingerprint density at radius 3 is 2.80 bits per heavy atom. The highest BCUT2D eigenvalue weighted by Crippen LogP contribution is 2.51. The van der Waals surface area contributed by atoms with Crippen molar-refractivity contribution in [3.63, 3.8) is 0 Å². The van der Waals surface area contributed by atoms with Crippen molar-refractivity contribution in [1.82, 2.24) is 9.47 Å². The highest BCUT2D eigenvalue weighted by Gasteiger charge is 2.62. The van der Waals surface area contributed by atoms with E-state index in [9.17, 15) is 4.79 Å². The Bertz CT molecular complexity index is 531. The molecule has 0 bridgehead atoms. The van der Waals surface area contributed by atoms with Crippen molar-refractivity contribution < 1.29 is 14.3 Å². The summed E-state index contributed by atoms with van der Waals surface area (Å²) in [6.45, 7) is 6.95. The van der Waals surface area contributed by atoms with Crippen molar-refractivity contribution in [3.05, 3.63) is 24.0 Å². The number of piperidine rings is 1. The van der Waals surface area contributed by atoms with Crippen LogP contribution < -0.4 is 0 Å². The van der Waals surface area contributed by atoms with Crippen molar-refractivity contribution in [1.29, 1.82) is 0 Å². The lowest BCUT2D eigenvalue weighted by atomic mass is 9.93. The number of rotatable bonds is 1. The average molecular weight is 278 g/mol. The highest BCUT2D eigenvalue weighted by molar-refractivity contribution is 5.68. The average Bonchev–Trinajstić information content (AvgIpc) is 2.92. The molecule has 3 heterocycles. The molecule has 0 N–H and O–H groups in total. The summed E-state index contributed by atoms with van der Waals surface area (Å²) in [5, 5.41) is 0. The summed E-state index contributed by atoms with van der Waals surface area (Å²) < 4.78 is 13.4. The van der Waals surface area contributed by atoms with Crippen LogP contribution in [0.1, 0.15) is 32.9 Å². The van der Waals surface area contributed by atoms with Gasteiger partial charge >= 0.3 is 6.09 Å². The van der Waals surface area contributed by atoms with Gasteiger partial charge in [-0.3, -0.25) is 0 Å². The van der Waals surface area contributed by atoms with E-state index >= 15 is 0 Å². The third-order valence-electron chi connectivity index (χ3n) is 3.98. The first kappa shape index (κ1) is 13.5. The van der Waals surface area contributed by atoms with Crippen LogP contribution in [0.5, 0.6) is 0 Å². The zero-order valence-electron chi connectivity index (χ0n) is 12.5. The second-order valence-electron chi connectivity index (χ2n) is 6.68. The fourth-order valence-electron chi connectivity index (χ4n) is 2.96. The van der Waals surface area contributed by atoms with Gasteiger partial charge in [0.1, 0.15) is 17.3 Å². The fourth-order valence-corrected chi connectivity index (χ4v) is 2.96. The third kappa shape index (κ3) is 2.20. The molecule has 5 nitrogen and oxygen atoms in total. The number of carbonyl (C=O) groups is 1. The maximum Gasteiger partial charge on any atom is 0.410 e. The van der Waals surface area contributed by atoms with Gasteiger partial charge < -0.3 is 18.9 Å². The van der Waals surface area contributed by atoms with Gasteiger partial charge in [-0.2, -0.15) is 0 Å². The van der Waals surface area contributed by atoms with E-state index in [2.05, 4.69) is 10.6 Å². The molecule has 2 atom stereocenters. The van der Waals surface area contributed by atoms with Gasteiger partial charge in [0.2, 0.25) is 0 Å². The summed E-state index contributed by atoms with van der Waals surface area (Å²) in [5.41, 5.74) is 0.566. The lowest BCUT2D eigenvalue weighted by Crippen LogP contribution is -2.44. The minimum atomic E-state index is -0.450. The summed E-state index contributed by atoms with van der Waals surface area (Å²) in [7, 11) is 2.03. The Morgan fingerprint density at radius 2 is 2.25 bits per heavy atom. The molecule has 0 aliphatic carbocycles. The van der Waals surface area contributed by atoms with Crippen molar-refractivity contribution in [2.24, 2.45) is 7.05 Å². The third-order valence-corrected chi connectivity index (χ3v) is 3.98. The number of hydrogen-bond acceptors (Lipinski definition) is 3. The lowest BCUT2D eigenvalue weighted by molar-refractivity contribution is 0.0216. The fraction of sp³-hybridized carbons (Fsp3) is 0.667. The summed E-state index contributed by atoms with van der Waals surface area (Å²) in [4.78, 5) is 13.8. The van der Waals surface area contributed by atoms with Gasteiger partial charge in [-0.1, -0.05) is 0 Å². The number of aryl methyl sites for hydroxylation is 1. The molecule has 0 saturated carbocycles. The van der Waals surface area contributed by atoms with Crippen LogP contribution in [0.2, 0.25) is 0 Å². The van der Waals surface area contributed by atoms with E-state index in [1.807, 2.05) is 40.1 Å². The highest BCUT2D eigenvalue weighted by atomic mass is 16.6. The first-order chi connectivity index (χ1) is 9.32. The first-order valence-electron chi connectivity index (χ1n) is 7.09. The number of carbonyl (C=O) groups excluding carboxylic acids is 1. The summed E-state index contributed by atoms with van der Waals surface area (Å²) in [5.74, 6) is 0. The van der Waals surface area contributed by atoms with Gasteiger partial charge in [0.05, 0.1) is 12.2 Å². The van der Waals surface area contributed by atoms with Gasteiger partial charge in [-0.25, -0.2) is 4.79 Å². The van der Waals surface area contributed by atoms with Crippen LogP contribution in [0, 0.1) is 0 Å². The number of aromatic nitrogens is 1. The predicted molar refractivity (Wildman–Crippen MR) is 74.4 cm³/mol. The predicted octanol–water partition coefficient (Wildman–Crippen LogP) is 2.26. The Hall–Kier alpha value is -1.49. The van der Waals surface area contributed by atoms with Gasteiger partial charge in [0.25, 0.3) is 0 Å². The minimum absolute atomic E-state index is 0.0948. The van der Waals surface area contributed by atoms with Gasteiger partial charge in [0.15, 0.2) is 0 Å². The molecular formula is C15H22N2O3. The molecule has 20 heavy (non-hydrogen) atoms. The number of nitrogens with zero attached hydrogens (tertiary/aromatic N) is 2. The van der Waals surface area contributed by atoms with E-state index in [1.165, 1.54) is 5.69 Å². The minimum Gasteiger partial charge on any atom is -0.444 e. The molecule has 0 aromatic carbocycles. The molecule has 0 spiro atoms. The number of amides is 1. The van der Waals surface area contributed by atoms with E-state index < -0.39 is 5.60 Å². The molecule has 2 unspecified atom stereocenters. The number of epoxide rings is 1. The number of hydrogen-bond donors (Lipinski definition) is 0. The SMILES string of the molecule is Cn1cccc1C12CCN(C(=O)OC(C)(C)C)CC1O2. The van der Waals surface area contributed by atoms with E-state index in [-0.39, 0.29) is 17.8 Å². The molecule has 0 radical (unpaired) electrons. The van der Waals surface area contributed by atoms with Crippen molar-refractivity contribution in [2.75, 3.05) is 13.1 Å². The Balaban J connectivity index is 1.66. The molecular weight excluding hydrogens is 256 g/mol. The van der Waals surface area contributed by atoms with Crippen LogP contribution >= 0.6 is 0 Å². The Kier molecular flexibility index (Phi) is 2.87. The van der Waals surface area contributed by atoms with E-state index in [0.717, 1.165) is 6.42 Å². The molecule has 2 aliphatic rings. The summed E-state index contributed by atoms with van der Waals surface area (Å²) in [6.07, 6.45) is 2.71. The lowest BCUT2D eigenvalue weighted by Gasteiger charge is -2.31. The molecule has 3 rings (SSSR count). The first-order valence-corrected chi connectivity index (χ1v) is 7.09. The molecule has 2 aliphatic heterocycles. The standard InChI is InChI=1S/C15H22N2O3/c1-14(2,3)20-13(18)17-9-7-15(12(10-17)19-15)11-6-5-8-16(11)4/h5-6,8,12H,7,9-10H2,1-4H3. The topological polar surface area (TPSA) is 47.0 Å². The van der Waals surface area contributed by atoms with Crippen molar-refractivity contribution >= 4 is 6.09 Å². The number of likely N-dealkylation sites (tertiary alicyclic amines) is 1. The maximum atomic E-state index is 12.1. The molecule has 5 heteroatoms. The van der Waals surface area contributed by atoms with Crippen LogP contribution in [0.15, 0.2) is 18.3 Å². The molecule has 1 amide bonds. The Labute approximate surface area is 119 Å². The van der Waals surface area contributed by atoms with Crippen molar-refractivity contribution in [2.45, 2.75) is 44.5 Å². The van der Waals surface area contributed by atoms with Gasteiger partial charge in [-0.05, 0) is 32.9 Å². The van der Waals surface area contributed by atoms with Crippen LogP contribution in [0.25, 0.3) is 0 Å². The largest absolute Gasteiger partial charge is 0.444 e. The normalized spacial score (nSPS) is 29.0. The van der Waals surface area contributed by atoms with E-state index in [0.29, 0.717) is 13.1 Å². The van der Waals surface area contributed by atoms with Crippen LogP contribution in [0.4, 0.5) is 4.79 Å². The van der Waals surface area contributed by atoms with Crippen molar-refractivity contribution in [3.8, 4) is 0 Å². The smallest absolute Gasteiger partial charge is 0.410 e. The molecule has 110 valence electrons. The van der Waals surface area contributed by atoms with E-state index in [1.54, 1.807) is 4.90 Å². The monoisotopic (exact) mass is 278 g/mol. The number of ether oxygens (including phenoxy) is 2. The van der Waals surface area contributed by atoms with Gasteiger partial charge in [-0.15, -0.1) is 0 Å². The summed E-state index contributed by atoms with van der Waals surface area (Å²) in [6, 6.07) is 4.13. The van der Waals surface area contributed by atoms with Gasteiger partial charge in [0, 0.05) is 26.2 Å². The quantitative estimate of drug-likeness (QED) is 0.740. The summed E-state index contributed by atoms with van der Waals surface area (Å²) >= 11 is 0. The zero-order valence-corrected chi connectivity index (χ0v) is 12.5. The molecule has 1 aromatic rings. The van der Waals surface area contributed by atoms with Crippen LogP contribution in [-0.4, -0.2) is 40.4 Å². The van der Waals surface area contributed by atoms with E-state index in [4.69, 9.17) is 9.47 Å². The van der Waals surface area contributed by atoms with Crippen LogP contribution in [-0.2, 0) is 22.1 Å². The second-order valence-corrected chi connectivity index (χ2v) is 6.68. The van der Waals surface area contributed by atoms with Crippen LogP contribution in [0.3, 0.4) is 0 Å².